The van der Waals surface area contributed by atoms with Crippen LogP contribution in [0.25, 0.3) is 11.2 Å². The maximum atomic E-state index is 13.2. The van der Waals surface area contributed by atoms with Crippen LogP contribution in [0.3, 0.4) is 0 Å². The Hall–Kier alpha value is -1.72. The smallest absolute Gasteiger partial charge is 0.288 e. The molecule has 1 atom stereocenters. The van der Waals surface area contributed by atoms with E-state index in [2.05, 4.69) is 59.9 Å². The molecule has 2 aromatic heterocycles. The van der Waals surface area contributed by atoms with Gasteiger partial charge in [-0.05, 0) is 11.3 Å². The largest absolute Gasteiger partial charge is 0.365 e. The number of nitrogens with one attached hydrogen (secondary N) is 2. The highest BCUT2D eigenvalue weighted by atomic mass is 19.1. The number of anilines is 1. The molecule has 0 aliphatic heterocycles. The van der Waals surface area contributed by atoms with E-state index in [9.17, 15) is 4.39 Å². The van der Waals surface area contributed by atoms with Gasteiger partial charge >= 0.3 is 0 Å². The first kappa shape index (κ1) is 13.7. The summed E-state index contributed by atoms with van der Waals surface area (Å²) in [5.41, 5.74) is 0.904. The molecule has 2 rings (SSSR count). The average Bonchev–Trinajstić information content (AvgIpc) is 2.64. The predicted octanol–water partition coefficient (Wildman–Crippen LogP) is 2.97. The van der Waals surface area contributed by atoms with Gasteiger partial charge < -0.3 is 5.32 Å². The van der Waals surface area contributed by atoms with Crippen LogP contribution < -0.4 is 5.32 Å². The molecule has 0 aliphatic rings. The Morgan fingerprint density at radius 3 is 2.53 bits per heavy atom. The van der Waals surface area contributed by atoms with Crippen molar-refractivity contribution in [3.05, 3.63) is 12.4 Å². The summed E-state index contributed by atoms with van der Waals surface area (Å²) in [6.45, 7) is 10.8. The van der Waals surface area contributed by atoms with Crippen molar-refractivity contribution in [2.75, 3.05) is 5.32 Å². The lowest BCUT2D eigenvalue weighted by atomic mass is 9.80. The molecule has 6 heteroatoms. The lowest BCUT2D eigenvalue weighted by molar-refractivity contribution is 0.280. The maximum absolute atomic E-state index is 13.2. The first-order valence-corrected chi connectivity index (χ1v) is 6.42. The van der Waals surface area contributed by atoms with Gasteiger partial charge in [0.05, 0.1) is 0 Å². The molecular weight excluding hydrogens is 245 g/mol. The standard InChI is InChI=1S/C13H20FN5/c1-7(2)9(13(3,4)5)18-10-8-11(16-6-15-10)19-12(14)17-8/h6-7,9H,1-5H3,(H2,15,16,17,18,19)/t9-/m0/s1. The van der Waals surface area contributed by atoms with Gasteiger partial charge in [0.25, 0.3) is 6.08 Å². The molecule has 0 saturated heterocycles. The van der Waals surface area contributed by atoms with Crippen molar-refractivity contribution in [2.45, 2.75) is 40.7 Å². The number of H-pyrrole nitrogens is 1. The zero-order valence-corrected chi connectivity index (χ0v) is 12.0. The van der Waals surface area contributed by atoms with Crippen molar-refractivity contribution in [3.8, 4) is 0 Å². The number of aromatic amines is 1. The molecule has 0 saturated carbocycles. The molecule has 2 N–H and O–H groups in total. The molecule has 0 bridgehead atoms. The summed E-state index contributed by atoms with van der Waals surface area (Å²) in [5.74, 6) is 0.979. The second-order valence-electron chi connectivity index (χ2n) is 6.18. The summed E-state index contributed by atoms with van der Waals surface area (Å²) >= 11 is 0. The van der Waals surface area contributed by atoms with Crippen molar-refractivity contribution in [2.24, 2.45) is 11.3 Å². The Balaban J connectivity index is 2.39. The van der Waals surface area contributed by atoms with E-state index in [1.165, 1.54) is 6.33 Å². The van der Waals surface area contributed by atoms with Gasteiger partial charge in [-0.25, -0.2) is 9.97 Å². The quantitative estimate of drug-likeness (QED) is 0.837. The molecule has 19 heavy (non-hydrogen) atoms. The van der Waals surface area contributed by atoms with Gasteiger partial charge in [-0.2, -0.15) is 9.37 Å². The Labute approximate surface area is 112 Å². The summed E-state index contributed by atoms with van der Waals surface area (Å²) in [6, 6.07) is 0.199. The van der Waals surface area contributed by atoms with Crippen molar-refractivity contribution in [1.82, 2.24) is 19.9 Å². The van der Waals surface area contributed by atoms with E-state index in [0.717, 1.165) is 0 Å². The lowest BCUT2D eigenvalue weighted by Crippen LogP contribution is -2.38. The zero-order valence-electron chi connectivity index (χ0n) is 12.0. The van der Waals surface area contributed by atoms with Crippen molar-refractivity contribution >= 4 is 17.0 Å². The van der Waals surface area contributed by atoms with Crippen LogP contribution in [0.1, 0.15) is 34.6 Å². The number of rotatable bonds is 3. The van der Waals surface area contributed by atoms with E-state index in [1.54, 1.807) is 0 Å². The van der Waals surface area contributed by atoms with Crippen LogP contribution in [0.15, 0.2) is 6.33 Å². The lowest BCUT2D eigenvalue weighted by Gasteiger charge is -2.35. The Morgan fingerprint density at radius 1 is 1.26 bits per heavy atom. The molecule has 2 aromatic rings. The monoisotopic (exact) mass is 265 g/mol. The normalized spacial score (nSPS) is 14.1. The third kappa shape index (κ3) is 2.83. The molecule has 0 aromatic carbocycles. The van der Waals surface area contributed by atoms with Gasteiger partial charge in [0.2, 0.25) is 0 Å². The van der Waals surface area contributed by atoms with Gasteiger partial charge in [-0.3, -0.25) is 4.98 Å². The van der Waals surface area contributed by atoms with Crippen LogP contribution in [-0.2, 0) is 0 Å². The minimum Gasteiger partial charge on any atom is -0.365 e. The topological polar surface area (TPSA) is 66.5 Å². The van der Waals surface area contributed by atoms with Gasteiger partial charge in [0.15, 0.2) is 17.0 Å². The minimum absolute atomic E-state index is 0.0558. The third-order valence-electron chi connectivity index (χ3n) is 3.15. The van der Waals surface area contributed by atoms with Crippen LogP contribution in [0, 0.1) is 17.4 Å². The molecule has 0 aliphatic carbocycles. The van der Waals surface area contributed by atoms with E-state index in [4.69, 9.17) is 0 Å². The number of nitrogens with zero attached hydrogens (tertiary/aromatic N) is 3. The summed E-state index contributed by atoms with van der Waals surface area (Å²) in [4.78, 5) is 14.4. The second kappa shape index (κ2) is 4.75. The number of fused-ring (bicyclic) bond motifs is 1. The fourth-order valence-corrected chi connectivity index (χ4v) is 2.44. The minimum atomic E-state index is -0.643. The molecule has 0 spiro atoms. The fourth-order valence-electron chi connectivity index (χ4n) is 2.44. The molecule has 0 radical (unpaired) electrons. The van der Waals surface area contributed by atoms with Crippen molar-refractivity contribution < 1.29 is 4.39 Å². The van der Waals surface area contributed by atoms with E-state index in [0.29, 0.717) is 22.9 Å². The van der Waals surface area contributed by atoms with Gasteiger partial charge in [-0.1, -0.05) is 34.6 Å². The van der Waals surface area contributed by atoms with Crippen molar-refractivity contribution in [3.63, 3.8) is 0 Å². The number of halogens is 1. The van der Waals surface area contributed by atoms with E-state index < -0.39 is 6.08 Å². The highest BCUT2D eigenvalue weighted by Crippen LogP contribution is 2.29. The number of aromatic nitrogens is 4. The van der Waals surface area contributed by atoms with Gasteiger partial charge in [0.1, 0.15) is 6.33 Å². The van der Waals surface area contributed by atoms with Crippen LogP contribution in [0.5, 0.6) is 0 Å². The van der Waals surface area contributed by atoms with Crippen LogP contribution in [-0.4, -0.2) is 26.0 Å². The molecule has 0 fully saturated rings. The second-order valence-corrected chi connectivity index (χ2v) is 6.18. The number of imidazole rings is 1. The van der Waals surface area contributed by atoms with E-state index in [-0.39, 0.29) is 11.5 Å². The molecular formula is C13H20FN5. The predicted molar refractivity (Wildman–Crippen MR) is 73.3 cm³/mol. The van der Waals surface area contributed by atoms with Crippen LogP contribution in [0.4, 0.5) is 10.2 Å². The van der Waals surface area contributed by atoms with E-state index >= 15 is 0 Å². The SMILES string of the molecule is CC(C)[C@H](Nc1ncnc2[nH]c(F)nc12)C(C)(C)C. The summed E-state index contributed by atoms with van der Waals surface area (Å²) in [6.07, 6.45) is 0.762. The molecule has 104 valence electrons. The van der Waals surface area contributed by atoms with Crippen molar-refractivity contribution in [1.29, 1.82) is 0 Å². The molecule has 0 amide bonds. The molecule has 5 nitrogen and oxygen atoms in total. The summed E-state index contributed by atoms with van der Waals surface area (Å²) in [5, 5.41) is 3.37. The first-order valence-electron chi connectivity index (χ1n) is 6.42. The highest BCUT2D eigenvalue weighted by Gasteiger charge is 2.28. The summed E-state index contributed by atoms with van der Waals surface area (Å²) < 4.78 is 13.2. The first-order chi connectivity index (χ1) is 8.79. The maximum Gasteiger partial charge on any atom is 0.288 e. The van der Waals surface area contributed by atoms with Gasteiger partial charge in [-0.15, -0.1) is 0 Å². The number of hydrogen-bond acceptors (Lipinski definition) is 4. The van der Waals surface area contributed by atoms with Gasteiger partial charge in [0, 0.05) is 6.04 Å². The summed E-state index contributed by atoms with van der Waals surface area (Å²) in [7, 11) is 0. The van der Waals surface area contributed by atoms with Crippen LogP contribution in [0.2, 0.25) is 0 Å². The Morgan fingerprint density at radius 2 is 1.95 bits per heavy atom. The number of hydrogen-bond donors (Lipinski definition) is 2. The highest BCUT2D eigenvalue weighted by molar-refractivity contribution is 5.82. The molecule has 2 heterocycles. The Kier molecular flexibility index (Phi) is 3.43. The van der Waals surface area contributed by atoms with E-state index in [1.807, 2.05) is 0 Å². The molecule has 0 unspecified atom stereocenters. The Bertz CT molecular complexity index is 570. The third-order valence-corrected chi connectivity index (χ3v) is 3.15. The fraction of sp³-hybridized carbons (Fsp3) is 0.615. The zero-order chi connectivity index (χ0) is 14.2. The average molecular weight is 265 g/mol. The van der Waals surface area contributed by atoms with Crippen LogP contribution >= 0.6 is 0 Å².